The summed E-state index contributed by atoms with van der Waals surface area (Å²) in [5.74, 6) is -0.0257. The predicted molar refractivity (Wildman–Crippen MR) is 74.7 cm³/mol. The van der Waals surface area contributed by atoms with Crippen LogP contribution in [0.1, 0.15) is 37.7 Å². The minimum atomic E-state index is -0.603. The van der Waals surface area contributed by atoms with Crippen LogP contribution in [-0.4, -0.2) is 31.3 Å². The number of ketones is 1. The molecule has 0 aromatic heterocycles. The van der Waals surface area contributed by atoms with Gasteiger partial charge in [0, 0.05) is 12.0 Å². The summed E-state index contributed by atoms with van der Waals surface area (Å²) in [5, 5.41) is 0. The van der Waals surface area contributed by atoms with Gasteiger partial charge in [0.15, 0.2) is 0 Å². The minimum Gasteiger partial charge on any atom is -0.309 e. The fraction of sp³-hybridized carbons (Fsp3) is 0.562. The fourth-order valence-corrected chi connectivity index (χ4v) is 3.04. The van der Waals surface area contributed by atoms with E-state index in [1.165, 1.54) is 6.07 Å². The molecule has 0 amide bonds. The van der Waals surface area contributed by atoms with E-state index in [9.17, 15) is 9.18 Å². The van der Waals surface area contributed by atoms with Gasteiger partial charge in [-0.05, 0) is 46.0 Å². The van der Waals surface area contributed by atoms with Crippen molar-refractivity contribution in [3.8, 4) is 0 Å². The summed E-state index contributed by atoms with van der Waals surface area (Å²) in [6.45, 7) is 0.806. The lowest BCUT2D eigenvalue weighted by Crippen LogP contribution is -2.41. The molecule has 3 heteroatoms. The van der Waals surface area contributed by atoms with Gasteiger partial charge >= 0.3 is 0 Å². The number of hydrogen-bond donors (Lipinski definition) is 0. The first-order valence-electron chi connectivity index (χ1n) is 6.99. The zero-order valence-electron chi connectivity index (χ0n) is 11.8. The van der Waals surface area contributed by atoms with Gasteiger partial charge in [-0.25, -0.2) is 4.39 Å². The molecule has 104 valence electrons. The molecular formula is C16H22FNO. The second-order valence-corrected chi connectivity index (χ2v) is 5.75. The van der Waals surface area contributed by atoms with E-state index in [0.29, 0.717) is 18.4 Å². The van der Waals surface area contributed by atoms with Crippen molar-refractivity contribution in [2.24, 2.45) is 0 Å². The summed E-state index contributed by atoms with van der Waals surface area (Å²) in [6.07, 6.45) is 4.02. The molecule has 1 atom stereocenters. The van der Waals surface area contributed by atoms with Crippen molar-refractivity contribution >= 4 is 5.78 Å². The molecule has 0 bridgehead atoms. The Balaban J connectivity index is 2.38. The highest BCUT2D eigenvalue weighted by Gasteiger charge is 2.42. The summed E-state index contributed by atoms with van der Waals surface area (Å²) in [7, 11) is 3.98. The number of hydrogen-bond acceptors (Lipinski definition) is 2. The molecule has 1 aromatic rings. The summed E-state index contributed by atoms with van der Waals surface area (Å²) < 4.78 is 14.2. The largest absolute Gasteiger partial charge is 0.309 e. The van der Waals surface area contributed by atoms with E-state index in [2.05, 4.69) is 4.90 Å². The Hall–Kier alpha value is -1.22. The third-order valence-corrected chi connectivity index (χ3v) is 4.17. The molecule has 1 aromatic carbocycles. The lowest BCUT2D eigenvalue weighted by molar-refractivity contribution is -0.127. The topological polar surface area (TPSA) is 20.3 Å². The van der Waals surface area contributed by atoms with Crippen LogP contribution < -0.4 is 0 Å². The lowest BCUT2D eigenvalue weighted by Gasteiger charge is -2.37. The number of Topliss-reactive ketones (excluding diaryl/α,β-unsaturated/α-hetero) is 1. The summed E-state index contributed by atoms with van der Waals surface area (Å²) in [4.78, 5) is 14.6. The van der Waals surface area contributed by atoms with E-state index in [1.807, 2.05) is 20.2 Å². The average Bonchev–Trinajstić information content (AvgIpc) is 2.39. The van der Waals surface area contributed by atoms with Crippen molar-refractivity contribution in [2.75, 3.05) is 20.6 Å². The fourth-order valence-electron chi connectivity index (χ4n) is 3.04. The maximum absolute atomic E-state index is 14.2. The van der Waals surface area contributed by atoms with Gasteiger partial charge in [0.1, 0.15) is 11.6 Å². The molecule has 1 saturated carbocycles. The van der Waals surface area contributed by atoms with Crippen LogP contribution in [0.25, 0.3) is 0 Å². The van der Waals surface area contributed by atoms with Gasteiger partial charge in [-0.3, -0.25) is 4.79 Å². The number of nitrogens with zero attached hydrogens (tertiary/aromatic N) is 1. The van der Waals surface area contributed by atoms with Crippen LogP contribution in [0, 0.1) is 5.82 Å². The quantitative estimate of drug-likeness (QED) is 0.831. The van der Waals surface area contributed by atoms with E-state index in [-0.39, 0.29) is 11.6 Å². The summed E-state index contributed by atoms with van der Waals surface area (Å²) >= 11 is 0. The van der Waals surface area contributed by atoms with Crippen LogP contribution in [0.2, 0.25) is 0 Å². The number of carbonyl (C=O) groups is 1. The van der Waals surface area contributed by atoms with Crippen molar-refractivity contribution < 1.29 is 9.18 Å². The van der Waals surface area contributed by atoms with Gasteiger partial charge in [0.25, 0.3) is 0 Å². The van der Waals surface area contributed by atoms with Crippen molar-refractivity contribution in [1.82, 2.24) is 4.90 Å². The SMILES string of the molecule is CN(C)CCC1(c2ccccc2F)CCCCC1=O. The van der Waals surface area contributed by atoms with Gasteiger partial charge in [-0.2, -0.15) is 0 Å². The van der Waals surface area contributed by atoms with Gasteiger partial charge < -0.3 is 4.90 Å². The first-order chi connectivity index (χ1) is 9.06. The number of carbonyl (C=O) groups excluding carboxylic acids is 1. The molecule has 2 nitrogen and oxygen atoms in total. The lowest BCUT2D eigenvalue weighted by atomic mass is 9.66. The van der Waals surface area contributed by atoms with E-state index in [0.717, 1.165) is 25.8 Å². The van der Waals surface area contributed by atoms with Gasteiger partial charge in [0.05, 0.1) is 5.41 Å². The normalized spacial score (nSPS) is 23.9. The molecule has 0 saturated heterocycles. The molecule has 1 unspecified atom stereocenters. The van der Waals surface area contributed by atoms with Crippen molar-refractivity contribution in [2.45, 2.75) is 37.5 Å². The monoisotopic (exact) mass is 263 g/mol. The van der Waals surface area contributed by atoms with Crippen LogP contribution in [0.5, 0.6) is 0 Å². The van der Waals surface area contributed by atoms with Crippen molar-refractivity contribution in [1.29, 1.82) is 0 Å². The Kier molecular flexibility index (Phi) is 4.35. The molecule has 0 radical (unpaired) electrons. The molecule has 1 aliphatic rings. The summed E-state index contributed by atoms with van der Waals surface area (Å²) in [5.41, 5.74) is -0.00465. The Morgan fingerprint density at radius 3 is 2.63 bits per heavy atom. The molecule has 1 aliphatic carbocycles. The second kappa shape index (κ2) is 5.83. The highest BCUT2D eigenvalue weighted by atomic mass is 19.1. The molecule has 0 N–H and O–H groups in total. The molecule has 1 fully saturated rings. The number of benzene rings is 1. The Bertz CT molecular complexity index is 458. The first-order valence-corrected chi connectivity index (χ1v) is 6.99. The van der Waals surface area contributed by atoms with Crippen LogP contribution in [-0.2, 0) is 10.2 Å². The minimum absolute atomic E-state index is 0.214. The third kappa shape index (κ3) is 2.86. The van der Waals surface area contributed by atoms with Crippen LogP contribution in [0.3, 0.4) is 0 Å². The summed E-state index contributed by atoms with van der Waals surface area (Å²) in [6, 6.07) is 6.77. The zero-order chi connectivity index (χ0) is 13.9. The molecular weight excluding hydrogens is 241 g/mol. The predicted octanol–water partition coefficient (Wildman–Crippen LogP) is 3.16. The number of rotatable bonds is 4. The third-order valence-electron chi connectivity index (χ3n) is 4.17. The smallest absolute Gasteiger partial charge is 0.143 e. The van der Waals surface area contributed by atoms with Gasteiger partial charge in [0.2, 0.25) is 0 Å². The van der Waals surface area contributed by atoms with Crippen LogP contribution in [0.4, 0.5) is 4.39 Å². The standard InChI is InChI=1S/C16H22FNO/c1-18(2)12-11-16(10-6-5-9-15(16)19)13-7-3-4-8-14(13)17/h3-4,7-8H,5-6,9-12H2,1-2H3. The maximum Gasteiger partial charge on any atom is 0.143 e. The Morgan fingerprint density at radius 2 is 2.00 bits per heavy atom. The molecule has 19 heavy (non-hydrogen) atoms. The molecule has 0 spiro atoms. The average molecular weight is 263 g/mol. The second-order valence-electron chi connectivity index (χ2n) is 5.75. The van der Waals surface area contributed by atoms with Gasteiger partial charge in [-0.15, -0.1) is 0 Å². The molecule has 0 aliphatic heterocycles. The van der Waals surface area contributed by atoms with E-state index >= 15 is 0 Å². The first kappa shape index (κ1) is 14.2. The number of halogens is 1. The van der Waals surface area contributed by atoms with E-state index < -0.39 is 5.41 Å². The van der Waals surface area contributed by atoms with Gasteiger partial charge in [-0.1, -0.05) is 24.6 Å². The molecule has 2 rings (SSSR count). The van der Waals surface area contributed by atoms with E-state index in [1.54, 1.807) is 12.1 Å². The Labute approximate surface area is 114 Å². The highest BCUT2D eigenvalue weighted by molar-refractivity contribution is 5.90. The zero-order valence-corrected chi connectivity index (χ0v) is 11.8. The Morgan fingerprint density at radius 1 is 1.26 bits per heavy atom. The molecule has 0 heterocycles. The van der Waals surface area contributed by atoms with Crippen LogP contribution in [0.15, 0.2) is 24.3 Å². The van der Waals surface area contributed by atoms with Crippen molar-refractivity contribution in [3.05, 3.63) is 35.6 Å². The van der Waals surface area contributed by atoms with E-state index in [4.69, 9.17) is 0 Å². The van der Waals surface area contributed by atoms with Crippen LogP contribution >= 0.6 is 0 Å². The maximum atomic E-state index is 14.2. The highest BCUT2D eigenvalue weighted by Crippen LogP contribution is 2.40. The van der Waals surface area contributed by atoms with Crippen molar-refractivity contribution in [3.63, 3.8) is 0 Å².